The lowest BCUT2D eigenvalue weighted by Crippen LogP contribution is -2.14. The fraction of sp³-hybridized carbons (Fsp3) is 0.333. The number of hydrogen-bond acceptors (Lipinski definition) is 5. The molecule has 2 rings (SSSR count). The van der Waals surface area contributed by atoms with Crippen LogP contribution in [0.25, 0.3) is 0 Å². The Kier molecular flexibility index (Phi) is 2.64. The van der Waals surface area contributed by atoms with Gasteiger partial charge in [-0.3, -0.25) is 0 Å². The number of sulfonamides is 1. The molecular weight excluding hydrogens is 232 g/mol. The van der Waals surface area contributed by atoms with E-state index in [9.17, 15) is 8.42 Å². The molecule has 4 N–H and O–H groups in total. The number of ether oxygens (including phenoxy) is 2. The highest BCUT2D eigenvalue weighted by Crippen LogP contribution is 2.35. The summed E-state index contributed by atoms with van der Waals surface area (Å²) in [6.07, 6.45) is 0.735. The quantitative estimate of drug-likeness (QED) is 0.680. The molecule has 0 atom stereocenters. The molecule has 0 spiro atoms. The summed E-state index contributed by atoms with van der Waals surface area (Å²) in [6.45, 7) is 0.988. The Bertz CT molecular complexity index is 512. The van der Waals surface area contributed by atoms with E-state index in [4.69, 9.17) is 20.3 Å². The van der Waals surface area contributed by atoms with E-state index in [2.05, 4.69) is 0 Å². The van der Waals surface area contributed by atoms with Crippen molar-refractivity contribution in [1.29, 1.82) is 0 Å². The number of nitrogens with two attached hydrogens (primary N) is 2. The summed E-state index contributed by atoms with van der Waals surface area (Å²) in [5.41, 5.74) is 5.65. The minimum Gasteiger partial charge on any atom is -0.490 e. The Morgan fingerprint density at radius 3 is 2.25 bits per heavy atom. The molecule has 0 aromatic heterocycles. The molecule has 1 aromatic carbocycles. The summed E-state index contributed by atoms with van der Waals surface area (Å²) in [5.74, 6) is 0.804. The summed E-state index contributed by atoms with van der Waals surface area (Å²) in [5, 5.41) is 5.03. The van der Waals surface area contributed by atoms with Gasteiger partial charge in [0.05, 0.1) is 18.9 Å². The van der Waals surface area contributed by atoms with Crippen LogP contribution in [0.3, 0.4) is 0 Å². The van der Waals surface area contributed by atoms with Gasteiger partial charge in [-0.2, -0.15) is 0 Å². The molecule has 1 aromatic rings. The molecule has 0 bridgehead atoms. The van der Waals surface area contributed by atoms with Crippen molar-refractivity contribution in [2.75, 3.05) is 18.9 Å². The van der Waals surface area contributed by atoms with Gasteiger partial charge in [-0.25, -0.2) is 13.6 Å². The van der Waals surface area contributed by atoms with E-state index in [1.54, 1.807) is 0 Å². The topological polar surface area (TPSA) is 105 Å². The first kappa shape index (κ1) is 11.0. The molecule has 0 aliphatic carbocycles. The minimum atomic E-state index is -3.84. The van der Waals surface area contributed by atoms with Gasteiger partial charge in [0.1, 0.15) is 4.90 Å². The Balaban J connectivity index is 2.56. The van der Waals surface area contributed by atoms with Gasteiger partial charge in [0.2, 0.25) is 10.0 Å². The molecule has 0 saturated carbocycles. The third-order valence-electron chi connectivity index (χ3n) is 2.19. The lowest BCUT2D eigenvalue weighted by molar-refractivity contribution is 0.297. The van der Waals surface area contributed by atoms with Crippen molar-refractivity contribution in [3.8, 4) is 11.5 Å². The number of hydrogen-bond donors (Lipinski definition) is 2. The fourth-order valence-corrected chi connectivity index (χ4v) is 2.11. The molecule has 1 heterocycles. The molecule has 0 radical (unpaired) electrons. The summed E-state index contributed by atoms with van der Waals surface area (Å²) in [6, 6.07) is 2.71. The summed E-state index contributed by atoms with van der Waals surface area (Å²) in [7, 11) is -3.84. The zero-order chi connectivity index (χ0) is 11.8. The van der Waals surface area contributed by atoms with Gasteiger partial charge in [0.25, 0.3) is 0 Å². The van der Waals surface area contributed by atoms with Crippen LogP contribution in [0, 0.1) is 0 Å². The highest BCUT2D eigenvalue weighted by Gasteiger charge is 2.19. The van der Waals surface area contributed by atoms with Crippen LogP contribution in [0.15, 0.2) is 17.0 Å². The number of anilines is 1. The standard InChI is InChI=1S/C9H12N2O4S/c10-6-4-7-8(15-3-1-2-14-7)5-9(6)16(11,12)13/h4-5H,1-3,10H2,(H2,11,12,13). The first-order valence-corrected chi connectivity index (χ1v) is 6.25. The molecule has 7 heteroatoms. The Morgan fingerprint density at radius 2 is 1.69 bits per heavy atom. The van der Waals surface area contributed by atoms with Crippen molar-refractivity contribution in [3.63, 3.8) is 0 Å². The van der Waals surface area contributed by atoms with E-state index in [0.717, 1.165) is 6.42 Å². The molecule has 1 aliphatic heterocycles. The van der Waals surface area contributed by atoms with Crippen LogP contribution >= 0.6 is 0 Å². The summed E-state index contributed by atoms with van der Waals surface area (Å²) < 4.78 is 33.1. The Hall–Kier alpha value is -1.47. The van der Waals surface area contributed by atoms with Crippen LogP contribution in [-0.4, -0.2) is 21.6 Å². The van der Waals surface area contributed by atoms with Gasteiger partial charge < -0.3 is 15.2 Å². The van der Waals surface area contributed by atoms with Crippen LogP contribution in [0.4, 0.5) is 5.69 Å². The van der Waals surface area contributed by atoms with E-state index in [0.29, 0.717) is 24.7 Å². The van der Waals surface area contributed by atoms with Crippen molar-refractivity contribution in [2.24, 2.45) is 5.14 Å². The number of rotatable bonds is 1. The van der Waals surface area contributed by atoms with Crippen molar-refractivity contribution in [2.45, 2.75) is 11.3 Å². The number of fused-ring (bicyclic) bond motifs is 1. The second-order valence-corrected chi connectivity index (χ2v) is 4.96. The van der Waals surface area contributed by atoms with Gasteiger partial charge in [0.15, 0.2) is 11.5 Å². The summed E-state index contributed by atoms with van der Waals surface area (Å²) >= 11 is 0. The second kappa shape index (κ2) is 3.84. The maximum atomic E-state index is 11.2. The fourth-order valence-electron chi connectivity index (χ4n) is 1.45. The number of primary sulfonamides is 1. The molecule has 1 aliphatic rings. The van der Waals surface area contributed by atoms with E-state index in [1.807, 2.05) is 0 Å². The third-order valence-corrected chi connectivity index (χ3v) is 3.15. The van der Waals surface area contributed by atoms with E-state index in [-0.39, 0.29) is 10.6 Å². The highest BCUT2D eigenvalue weighted by atomic mass is 32.2. The highest BCUT2D eigenvalue weighted by molar-refractivity contribution is 7.89. The smallest absolute Gasteiger partial charge is 0.240 e. The predicted octanol–water partition coefficient (Wildman–Crippen LogP) is 0.0775. The molecule has 16 heavy (non-hydrogen) atoms. The largest absolute Gasteiger partial charge is 0.490 e. The van der Waals surface area contributed by atoms with E-state index in [1.165, 1.54) is 12.1 Å². The average Bonchev–Trinajstić information content (AvgIpc) is 2.39. The Morgan fingerprint density at radius 1 is 1.12 bits per heavy atom. The third kappa shape index (κ3) is 2.05. The second-order valence-electron chi connectivity index (χ2n) is 3.43. The van der Waals surface area contributed by atoms with Gasteiger partial charge >= 0.3 is 0 Å². The van der Waals surface area contributed by atoms with Crippen LogP contribution in [-0.2, 0) is 10.0 Å². The lowest BCUT2D eigenvalue weighted by Gasteiger charge is -2.10. The van der Waals surface area contributed by atoms with E-state index < -0.39 is 10.0 Å². The zero-order valence-electron chi connectivity index (χ0n) is 8.47. The first-order valence-electron chi connectivity index (χ1n) is 4.70. The summed E-state index contributed by atoms with van der Waals surface area (Å²) in [4.78, 5) is -0.142. The monoisotopic (exact) mass is 244 g/mol. The van der Waals surface area contributed by atoms with Crippen molar-refractivity contribution in [1.82, 2.24) is 0 Å². The molecule has 0 unspecified atom stereocenters. The van der Waals surface area contributed by atoms with Crippen molar-refractivity contribution in [3.05, 3.63) is 12.1 Å². The van der Waals surface area contributed by atoms with Crippen molar-refractivity contribution >= 4 is 15.7 Å². The maximum Gasteiger partial charge on any atom is 0.240 e. The number of benzene rings is 1. The van der Waals surface area contributed by atoms with Gasteiger partial charge in [-0.15, -0.1) is 0 Å². The number of nitrogen functional groups attached to an aromatic ring is 1. The van der Waals surface area contributed by atoms with Crippen molar-refractivity contribution < 1.29 is 17.9 Å². The molecule has 0 amide bonds. The van der Waals surface area contributed by atoms with Crippen LogP contribution < -0.4 is 20.3 Å². The van der Waals surface area contributed by atoms with Crippen LogP contribution in [0.2, 0.25) is 0 Å². The minimum absolute atomic E-state index is 0.0618. The SMILES string of the molecule is Nc1cc2c(cc1S(N)(=O)=O)OCCCO2. The van der Waals surface area contributed by atoms with E-state index >= 15 is 0 Å². The van der Waals surface area contributed by atoms with Gasteiger partial charge in [-0.1, -0.05) is 0 Å². The van der Waals surface area contributed by atoms with Crippen LogP contribution in [0.1, 0.15) is 6.42 Å². The zero-order valence-corrected chi connectivity index (χ0v) is 9.29. The first-order chi connectivity index (χ1) is 7.48. The van der Waals surface area contributed by atoms with Gasteiger partial charge in [-0.05, 0) is 0 Å². The molecule has 6 nitrogen and oxygen atoms in total. The lowest BCUT2D eigenvalue weighted by atomic mass is 10.3. The average molecular weight is 244 g/mol. The Labute approximate surface area is 93.2 Å². The maximum absolute atomic E-state index is 11.2. The molecular formula is C9H12N2O4S. The van der Waals surface area contributed by atoms with Gasteiger partial charge in [0, 0.05) is 18.6 Å². The predicted molar refractivity (Wildman–Crippen MR) is 57.8 cm³/mol. The normalized spacial score (nSPS) is 15.6. The molecule has 0 saturated heterocycles. The molecule has 0 fully saturated rings. The van der Waals surface area contributed by atoms with Crippen LogP contribution in [0.5, 0.6) is 11.5 Å². The molecule has 88 valence electrons.